The van der Waals surface area contributed by atoms with Crippen LogP contribution in [0.2, 0.25) is 0 Å². The van der Waals surface area contributed by atoms with Crippen LogP contribution in [-0.2, 0) is 0 Å². The molecule has 0 spiro atoms. The molecule has 0 unspecified atom stereocenters. The molecule has 1 aliphatic rings. The molecule has 1 aromatic heterocycles. The lowest BCUT2D eigenvalue weighted by atomic mass is 10.1. The number of hydrogen-bond acceptors (Lipinski definition) is 4. The van der Waals surface area contributed by atoms with Gasteiger partial charge in [0, 0.05) is 18.0 Å². The first-order chi connectivity index (χ1) is 9.75. The predicted molar refractivity (Wildman–Crippen MR) is 93.1 cm³/mol. The van der Waals surface area contributed by atoms with E-state index in [0.717, 1.165) is 23.9 Å². The Hall–Kier alpha value is -0.610. The number of hydrogen-bond donors (Lipinski definition) is 1. The largest absolute Gasteiger partial charge is 0.360 e. The molecule has 0 aromatic carbocycles. The van der Waals surface area contributed by atoms with Crippen LogP contribution in [0.25, 0.3) is 0 Å². The van der Waals surface area contributed by atoms with Crippen molar-refractivity contribution in [2.75, 3.05) is 31.5 Å². The quantitative estimate of drug-likeness (QED) is 0.872. The molecule has 0 amide bonds. The number of anilines is 1. The van der Waals surface area contributed by atoms with Crippen LogP contribution in [0, 0.1) is 13.8 Å². The summed E-state index contributed by atoms with van der Waals surface area (Å²) < 4.78 is 0. The summed E-state index contributed by atoms with van der Waals surface area (Å²) in [6, 6.07) is 0. The first-order valence-corrected chi connectivity index (χ1v) is 8.97. The highest BCUT2D eigenvalue weighted by Gasteiger charge is 2.09. The Balaban J connectivity index is 0.000000829. The topological polar surface area (TPSA) is 28.2 Å². The Kier molecular flexibility index (Phi) is 11.8. The molecule has 1 aliphatic heterocycles. The third-order valence-corrected chi connectivity index (χ3v) is 4.21. The Labute approximate surface area is 129 Å². The zero-order valence-corrected chi connectivity index (χ0v) is 15.1. The maximum absolute atomic E-state index is 4.48. The Morgan fingerprint density at radius 1 is 1.05 bits per heavy atom. The molecule has 118 valence electrons. The van der Waals surface area contributed by atoms with Crippen LogP contribution in [0.5, 0.6) is 0 Å². The van der Waals surface area contributed by atoms with Crippen molar-refractivity contribution in [3.05, 3.63) is 10.6 Å². The van der Waals surface area contributed by atoms with Crippen molar-refractivity contribution in [2.45, 2.75) is 60.8 Å². The summed E-state index contributed by atoms with van der Waals surface area (Å²) in [5, 5.41) is 4.50. The zero-order chi connectivity index (χ0) is 15.4. The number of thiazole rings is 1. The number of nitrogens with zero attached hydrogens (tertiary/aromatic N) is 2. The van der Waals surface area contributed by atoms with E-state index in [9.17, 15) is 0 Å². The van der Waals surface area contributed by atoms with Crippen LogP contribution in [0.1, 0.15) is 57.5 Å². The van der Waals surface area contributed by atoms with Crippen molar-refractivity contribution in [1.29, 1.82) is 0 Å². The minimum Gasteiger partial charge on any atom is -0.360 e. The van der Waals surface area contributed by atoms with E-state index in [-0.39, 0.29) is 0 Å². The minimum absolute atomic E-state index is 1.02. The van der Waals surface area contributed by atoms with Gasteiger partial charge in [-0.1, -0.05) is 34.1 Å². The van der Waals surface area contributed by atoms with Crippen molar-refractivity contribution in [1.82, 2.24) is 9.88 Å². The Bertz CT molecular complexity index is 311. The molecule has 1 fully saturated rings. The van der Waals surface area contributed by atoms with Crippen molar-refractivity contribution < 1.29 is 0 Å². The van der Waals surface area contributed by atoms with E-state index in [1.165, 1.54) is 37.2 Å². The maximum atomic E-state index is 4.48. The second kappa shape index (κ2) is 12.2. The van der Waals surface area contributed by atoms with Crippen LogP contribution >= 0.6 is 11.3 Å². The van der Waals surface area contributed by atoms with Crippen molar-refractivity contribution >= 4 is 16.5 Å². The first-order valence-electron chi connectivity index (χ1n) is 8.16. The number of aromatic nitrogens is 1. The molecule has 2 rings (SSSR count). The zero-order valence-electron chi connectivity index (χ0n) is 14.3. The monoisotopic (exact) mass is 299 g/mol. The number of likely N-dealkylation sites (tertiary alicyclic amines) is 1. The Morgan fingerprint density at radius 2 is 1.65 bits per heavy atom. The van der Waals surface area contributed by atoms with Gasteiger partial charge in [-0.15, -0.1) is 11.3 Å². The van der Waals surface area contributed by atoms with Gasteiger partial charge in [0.1, 0.15) is 0 Å². The number of piperidine rings is 1. The molecule has 1 aromatic rings. The lowest BCUT2D eigenvalue weighted by Crippen LogP contribution is -2.33. The lowest BCUT2D eigenvalue weighted by molar-refractivity contribution is 0.237. The van der Waals surface area contributed by atoms with Crippen LogP contribution in [0.4, 0.5) is 5.13 Å². The molecule has 0 radical (unpaired) electrons. The standard InChI is InChI=1S/C12H21N3S.2C2H6/c1-10-11(2)16-12(14-10)13-6-9-15-7-4-3-5-8-15;2*1-2/h3-9H2,1-2H3,(H,13,14);2*1-2H3. The first kappa shape index (κ1) is 19.4. The molecule has 0 bridgehead atoms. The van der Waals surface area contributed by atoms with Gasteiger partial charge in [-0.25, -0.2) is 4.98 Å². The van der Waals surface area contributed by atoms with Gasteiger partial charge in [0.15, 0.2) is 5.13 Å². The second-order valence-corrected chi connectivity index (χ2v) is 5.69. The highest BCUT2D eigenvalue weighted by molar-refractivity contribution is 7.15. The molecule has 0 atom stereocenters. The fraction of sp³-hybridized carbons (Fsp3) is 0.812. The molecule has 0 saturated carbocycles. The molecule has 20 heavy (non-hydrogen) atoms. The summed E-state index contributed by atoms with van der Waals surface area (Å²) in [5.41, 5.74) is 1.16. The Morgan fingerprint density at radius 3 is 2.15 bits per heavy atom. The predicted octanol–water partition coefficient (Wildman–Crippen LogP) is 4.71. The summed E-state index contributed by atoms with van der Waals surface area (Å²) in [6.07, 6.45) is 4.15. The third kappa shape index (κ3) is 7.25. The third-order valence-electron chi connectivity index (χ3n) is 3.18. The van der Waals surface area contributed by atoms with E-state index in [1.807, 2.05) is 27.7 Å². The van der Waals surface area contributed by atoms with Crippen LogP contribution in [-0.4, -0.2) is 36.1 Å². The SMILES string of the molecule is CC.CC.Cc1nc(NCCN2CCCCC2)sc1C. The van der Waals surface area contributed by atoms with Crippen LogP contribution in [0.3, 0.4) is 0 Å². The molecule has 4 heteroatoms. The van der Waals surface area contributed by atoms with Gasteiger partial charge in [-0.05, 0) is 39.8 Å². The summed E-state index contributed by atoms with van der Waals surface area (Å²) in [5.74, 6) is 0. The maximum Gasteiger partial charge on any atom is 0.183 e. The lowest BCUT2D eigenvalue weighted by Gasteiger charge is -2.26. The molecule has 0 aliphatic carbocycles. The van der Waals surface area contributed by atoms with Gasteiger partial charge >= 0.3 is 0 Å². The highest BCUT2D eigenvalue weighted by atomic mass is 32.1. The average Bonchev–Trinajstić information content (AvgIpc) is 2.83. The van der Waals surface area contributed by atoms with Crippen molar-refractivity contribution in [3.8, 4) is 0 Å². The summed E-state index contributed by atoms with van der Waals surface area (Å²) in [6.45, 7) is 16.9. The van der Waals surface area contributed by atoms with E-state index in [4.69, 9.17) is 0 Å². The van der Waals surface area contributed by atoms with E-state index < -0.39 is 0 Å². The summed E-state index contributed by atoms with van der Waals surface area (Å²) >= 11 is 1.76. The van der Waals surface area contributed by atoms with Gasteiger partial charge in [0.2, 0.25) is 0 Å². The molecular weight excluding hydrogens is 266 g/mol. The molecule has 1 saturated heterocycles. The highest BCUT2D eigenvalue weighted by Crippen LogP contribution is 2.20. The minimum atomic E-state index is 1.02. The van der Waals surface area contributed by atoms with Gasteiger partial charge in [-0.3, -0.25) is 0 Å². The van der Waals surface area contributed by atoms with E-state index in [2.05, 4.69) is 29.0 Å². The van der Waals surface area contributed by atoms with Crippen LogP contribution < -0.4 is 5.32 Å². The fourth-order valence-corrected chi connectivity index (χ4v) is 2.89. The number of aryl methyl sites for hydroxylation is 2. The van der Waals surface area contributed by atoms with Crippen molar-refractivity contribution in [2.24, 2.45) is 0 Å². The van der Waals surface area contributed by atoms with E-state index in [0.29, 0.717) is 0 Å². The second-order valence-electron chi connectivity index (χ2n) is 4.49. The van der Waals surface area contributed by atoms with Gasteiger partial charge in [0.25, 0.3) is 0 Å². The number of nitrogens with one attached hydrogen (secondary N) is 1. The summed E-state index contributed by atoms with van der Waals surface area (Å²) in [7, 11) is 0. The van der Waals surface area contributed by atoms with Crippen LogP contribution in [0.15, 0.2) is 0 Å². The average molecular weight is 300 g/mol. The normalized spacial score (nSPS) is 14.7. The molecular formula is C16H33N3S. The number of rotatable bonds is 4. The van der Waals surface area contributed by atoms with Gasteiger partial charge in [-0.2, -0.15) is 0 Å². The van der Waals surface area contributed by atoms with Gasteiger partial charge < -0.3 is 10.2 Å². The molecule has 3 nitrogen and oxygen atoms in total. The summed E-state index contributed by atoms with van der Waals surface area (Å²) in [4.78, 5) is 8.35. The fourth-order valence-electron chi connectivity index (χ4n) is 2.05. The molecule has 1 N–H and O–H groups in total. The van der Waals surface area contributed by atoms with Gasteiger partial charge in [0.05, 0.1) is 5.69 Å². The van der Waals surface area contributed by atoms with E-state index in [1.54, 1.807) is 11.3 Å². The van der Waals surface area contributed by atoms with Crippen molar-refractivity contribution in [3.63, 3.8) is 0 Å². The van der Waals surface area contributed by atoms with E-state index >= 15 is 0 Å². The smallest absolute Gasteiger partial charge is 0.183 e. The molecule has 2 heterocycles.